The summed E-state index contributed by atoms with van der Waals surface area (Å²) >= 11 is 0. The topological polar surface area (TPSA) is 373 Å². The molecule has 2 aliphatic rings. The first-order chi connectivity index (χ1) is 37.4. The smallest absolute Gasteiger partial charge is 0.303 e. The summed E-state index contributed by atoms with van der Waals surface area (Å²) in [6.07, 6.45) is 5.55. The van der Waals surface area contributed by atoms with Crippen molar-refractivity contribution in [3.8, 4) is 0 Å². The van der Waals surface area contributed by atoms with Crippen LogP contribution in [0, 0.1) is 0 Å². The number of hydrogen-bond acceptors (Lipinski definition) is 21. The molecule has 4 aromatic rings. The van der Waals surface area contributed by atoms with Crippen molar-refractivity contribution >= 4 is 95.2 Å². The molecule has 2 atom stereocenters. The van der Waals surface area contributed by atoms with Crippen LogP contribution in [0.5, 0.6) is 0 Å². The molecule has 0 radical (unpaired) electrons. The van der Waals surface area contributed by atoms with Gasteiger partial charge in [-0.15, -0.1) is 0 Å². The second-order valence-electron chi connectivity index (χ2n) is 19.4. The number of benzene rings is 4. The zero-order chi connectivity index (χ0) is 59.1. The highest BCUT2D eigenvalue weighted by Crippen LogP contribution is 2.54. The lowest BCUT2D eigenvalue weighted by molar-refractivity contribution is -0.438. The molecule has 0 saturated carbocycles. The first kappa shape index (κ1) is 64.3. The number of carbonyl (C=O) groups is 1. The molecule has 2 heterocycles. The van der Waals surface area contributed by atoms with Gasteiger partial charge in [0, 0.05) is 73.0 Å². The Balaban J connectivity index is 1.51. The number of allylic oxidation sites excluding steroid dienone is 4. The molecule has 0 saturated heterocycles. The Kier molecular flexibility index (Phi) is 21.1. The summed E-state index contributed by atoms with van der Waals surface area (Å²) in [4.78, 5) is 9.33. The van der Waals surface area contributed by atoms with E-state index in [1.807, 2.05) is 4.90 Å². The first-order valence-corrected chi connectivity index (χ1v) is 32.5. The van der Waals surface area contributed by atoms with Gasteiger partial charge < -0.3 is 51.9 Å². The summed E-state index contributed by atoms with van der Waals surface area (Å²) in [6.45, 7) is 7.98. The fourth-order valence-corrected chi connectivity index (χ4v) is 13.7. The van der Waals surface area contributed by atoms with Gasteiger partial charge in [0.2, 0.25) is 5.69 Å². The van der Waals surface area contributed by atoms with Crippen molar-refractivity contribution in [2.24, 2.45) is 0 Å². The van der Waals surface area contributed by atoms with E-state index in [4.69, 9.17) is 23.7 Å². The van der Waals surface area contributed by atoms with Crippen LogP contribution in [-0.4, -0.2) is 172 Å². The molecule has 0 aliphatic carbocycles. The highest BCUT2D eigenvalue weighted by Gasteiger charge is 2.49. The predicted octanol–water partition coefficient (Wildman–Crippen LogP) is 4.62. The number of ether oxygens (including phenoxy) is 5. The molecular weight excluding hydrogens is 1150 g/mol. The van der Waals surface area contributed by atoms with E-state index < -0.39 is 92.7 Å². The lowest BCUT2D eigenvalue weighted by Crippen LogP contribution is -2.32. The van der Waals surface area contributed by atoms with Crippen molar-refractivity contribution < 1.29 is 103 Å². The van der Waals surface area contributed by atoms with Crippen LogP contribution in [0.4, 0.5) is 11.4 Å². The van der Waals surface area contributed by atoms with Crippen LogP contribution in [0.1, 0.15) is 76.8 Å². The van der Waals surface area contributed by atoms with E-state index in [1.165, 1.54) is 18.2 Å². The second-order valence-corrected chi connectivity index (χ2v) is 26.4. The van der Waals surface area contributed by atoms with Crippen molar-refractivity contribution in [2.75, 3.05) is 90.3 Å². The molecule has 442 valence electrons. The Morgan fingerprint density at radius 1 is 0.625 bits per heavy atom. The number of likely N-dealkylation sites (N-methyl/N-ethyl adjacent to an activating group) is 1. The second kappa shape index (κ2) is 26.2. The van der Waals surface area contributed by atoms with E-state index >= 15 is 0 Å². The van der Waals surface area contributed by atoms with Crippen LogP contribution in [0.15, 0.2) is 92.0 Å². The van der Waals surface area contributed by atoms with Gasteiger partial charge in [-0.25, -0.2) is 33.7 Å². The average molecular weight is 1220 g/mol. The monoisotopic (exact) mass is 1220 g/mol. The number of anilines is 1. The van der Waals surface area contributed by atoms with Crippen LogP contribution in [0.2, 0.25) is 0 Å². The van der Waals surface area contributed by atoms with Crippen molar-refractivity contribution in [1.82, 2.24) is 0 Å². The third-order valence-electron chi connectivity index (χ3n) is 14.1. The molecule has 0 bridgehead atoms. The highest BCUT2D eigenvalue weighted by atomic mass is 32.2. The summed E-state index contributed by atoms with van der Waals surface area (Å²) in [6, 6.07) is 8.62. The Labute approximate surface area is 465 Å². The van der Waals surface area contributed by atoms with Crippen LogP contribution in [-0.2, 0) is 89.9 Å². The van der Waals surface area contributed by atoms with Gasteiger partial charge in [0.05, 0.1) is 83.6 Å². The molecule has 24 nitrogen and oxygen atoms in total. The molecule has 6 rings (SSSR count). The van der Waals surface area contributed by atoms with Crippen molar-refractivity contribution in [2.45, 2.75) is 96.1 Å². The van der Waals surface area contributed by atoms with E-state index in [9.17, 15) is 74.8 Å². The van der Waals surface area contributed by atoms with Gasteiger partial charge in [-0.2, -0.15) is 13.0 Å². The van der Waals surface area contributed by atoms with Gasteiger partial charge in [0.15, 0.2) is 5.71 Å². The van der Waals surface area contributed by atoms with E-state index in [-0.39, 0.29) is 105 Å². The summed E-state index contributed by atoms with van der Waals surface area (Å²) in [5, 5.41) is 8.78. The number of methoxy groups -OCH3 is 1. The minimum Gasteiger partial charge on any atom is -0.744 e. The van der Waals surface area contributed by atoms with Gasteiger partial charge in [-0.1, -0.05) is 12.1 Å². The number of carboxylic acid groups (broad SMARTS) is 1. The molecule has 29 heteroatoms. The maximum Gasteiger partial charge on any atom is 0.303 e. The minimum absolute atomic E-state index is 0.0131. The van der Waals surface area contributed by atoms with Gasteiger partial charge >= 0.3 is 5.97 Å². The Bertz CT molecular complexity index is 3660. The van der Waals surface area contributed by atoms with Gasteiger partial charge in [0.25, 0.3) is 10.1 Å². The average Bonchev–Trinajstić information content (AvgIpc) is 3.75. The molecule has 0 amide bonds. The number of hydrogen-bond donors (Lipinski definition) is 2. The normalized spacial score (nSPS) is 18.6. The molecule has 2 N–H and O–H groups in total. The third-order valence-corrected chi connectivity index (χ3v) is 18.3. The van der Waals surface area contributed by atoms with Crippen LogP contribution in [0.25, 0.3) is 21.5 Å². The number of aliphatic carboxylic acids is 1. The zero-order valence-electron chi connectivity index (χ0n) is 44.3. The van der Waals surface area contributed by atoms with Crippen LogP contribution >= 0.6 is 0 Å². The summed E-state index contributed by atoms with van der Waals surface area (Å²) < 4.78 is 216. The van der Waals surface area contributed by atoms with Crippen molar-refractivity contribution in [3.05, 3.63) is 83.6 Å². The minimum atomic E-state index is -5.45. The molecule has 0 aromatic heterocycles. The quantitative estimate of drug-likeness (QED) is 0.0382. The summed E-state index contributed by atoms with van der Waals surface area (Å²) in [7, 11) is -24.6. The molecular formula is C51H63N2O22S5-3. The number of carboxylic acids is 1. The Morgan fingerprint density at radius 3 is 1.62 bits per heavy atom. The van der Waals surface area contributed by atoms with Crippen molar-refractivity contribution in [1.29, 1.82) is 0 Å². The van der Waals surface area contributed by atoms with E-state index in [0.29, 0.717) is 79.7 Å². The molecule has 4 aromatic carbocycles. The number of fused-ring (bicyclic) bond motifs is 6. The fraction of sp³-hybridized carbons (Fsp3) is 0.490. The lowest BCUT2D eigenvalue weighted by Gasteiger charge is -2.30. The molecule has 80 heavy (non-hydrogen) atoms. The van der Waals surface area contributed by atoms with Crippen LogP contribution < -0.4 is 4.90 Å². The fourth-order valence-electron chi connectivity index (χ4n) is 10.5. The van der Waals surface area contributed by atoms with Crippen LogP contribution in [0.3, 0.4) is 0 Å². The highest BCUT2D eigenvalue weighted by molar-refractivity contribution is 7.87. The number of unbranched alkanes of at least 4 members (excludes halogenated alkanes) is 2. The molecule has 2 aliphatic heterocycles. The Hall–Kier alpha value is -4.83. The summed E-state index contributed by atoms with van der Waals surface area (Å²) in [5.41, 5.74) is -0.495. The SMILES string of the molecule is CCN1C(=CC=CC2=[N+](CCCCCC(=O)O)c3ccc4c(S(=O)(=O)[O-])cc(S(=O)(=O)[O-])cc4c3C2(C)CCCS(=O)(=O)O)C(C)(CCOCCOCCOCCOCCOC)c2c1ccc1c(S(=O)(=O)[O-])cc(S(=O)(=O)[O-])cc21. The van der Waals surface area contributed by atoms with Gasteiger partial charge in [0.1, 0.15) is 47.0 Å². The van der Waals surface area contributed by atoms with E-state index in [2.05, 4.69) is 0 Å². The Morgan fingerprint density at radius 2 is 1.14 bits per heavy atom. The molecule has 0 spiro atoms. The lowest BCUT2D eigenvalue weighted by atomic mass is 9.74. The van der Waals surface area contributed by atoms with Crippen molar-refractivity contribution in [3.63, 3.8) is 0 Å². The molecule has 0 fully saturated rings. The largest absolute Gasteiger partial charge is 0.744 e. The standard InChI is InChI=1S/C51H66N2O22S5/c1-5-52-41-16-14-37-39(31-35(77(59,60)61)33-43(37)79(65,66)67)48(41)51(3,19-21-72-24-25-74-28-29-75-27-26-73-23-22-71-4)45(52)11-9-12-46-50(2,18-10-30-76(56,57)58)49-40-32-36(78(62,63)64)34-44(80(68,69)70)38(40)15-17-42(49)53(46)20-8-6-7-13-47(54)55/h9,11-12,14-17,31-34H,5-8,10,13,18-30H2,1-4H3,(H5-,54,55,56,57,58,59,60,61,62,63,64,65,66,67,68,69,70)/p-3. The van der Waals surface area contributed by atoms with Gasteiger partial charge in [-0.3, -0.25) is 9.35 Å². The zero-order valence-corrected chi connectivity index (χ0v) is 48.4. The maximum absolute atomic E-state index is 12.8. The summed E-state index contributed by atoms with van der Waals surface area (Å²) in [5.74, 6) is -1.78. The first-order valence-electron chi connectivity index (χ1n) is 25.2. The third kappa shape index (κ3) is 15.2. The number of nitrogens with zero attached hydrogens (tertiary/aromatic N) is 2. The molecule has 2 unspecified atom stereocenters. The van der Waals surface area contributed by atoms with Gasteiger partial charge in [-0.05, 0) is 117 Å². The maximum atomic E-state index is 12.8. The van der Waals surface area contributed by atoms with E-state index in [0.717, 1.165) is 12.1 Å². The number of rotatable bonds is 32. The predicted molar refractivity (Wildman–Crippen MR) is 286 cm³/mol. The van der Waals surface area contributed by atoms with E-state index in [1.54, 1.807) is 56.8 Å².